The number of rotatable bonds is 6. The van der Waals surface area contributed by atoms with Crippen LogP contribution in [0.3, 0.4) is 0 Å². The highest BCUT2D eigenvalue weighted by Crippen LogP contribution is 2.23. The molecule has 1 N–H and O–H groups in total. The molecule has 0 aliphatic carbocycles. The molecule has 142 valence electrons. The Morgan fingerprint density at radius 1 is 1.26 bits per heavy atom. The Balaban J connectivity index is 1.93. The number of benzene rings is 1. The van der Waals surface area contributed by atoms with E-state index in [-0.39, 0.29) is 11.7 Å². The first-order valence-electron chi connectivity index (χ1n) is 8.96. The van der Waals surface area contributed by atoms with Gasteiger partial charge in [0, 0.05) is 25.1 Å². The van der Waals surface area contributed by atoms with Crippen LogP contribution in [0.5, 0.6) is 0 Å². The molecule has 0 fully saturated rings. The highest BCUT2D eigenvalue weighted by atomic mass is 19.1. The van der Waals surface area contributed by atoms with E-state index < -0.39 is 12.1 Å². The van der Waals surface area contributed by atoms with E-state index >= 15 is 0 Å². The second-order valence-corrected chi connectivity index (χ2v) is 6.69. The molecule has 3 rings (SSSR count). The Kier molecular flexibility index (Phi) is 5.39. The number of hydrogen-bond donors (Lipinski definition) is 1. The van der Waals surface area contributed by atoms with Crippen LogP contribution < -0.4 is 5.32 Å². The number of aryl methyl sites for hydroxylation is 3. The number of aromatic nitrogens is 4. The van der Waals surface area contributed by atoms with Crippen LogP contribution in [-0.4, -0.2) is 25.2 Å². The summed E-state index contributed by atoms with van der Waals surface area (Å²) in [5.74, 6) is 0.206. The number of hydrogen-bond acceptors (Lipinski definition) is 3. The lowest BCUT2D eigenvalue weighted by atomic mass is 10.0. The summed E-state index contributed by atoms with van der Waals surface area (Å²) in [6.07, 6.45) is 4.09. The van der Waals surface area contributed by atoms with Crippen molar-refractivity contribution in [2.45, 2.75) is 39.3 Å². The van der Waals surface area contributed by atoms with Gasteiger partial charge in [-0.1, -0.05) is 19.1 Å². The first-order chi connectivity index (χ1) is 12.9. The van der Waals surface area contributed by atoms with E-state index in [1.807, 2.05) is 44.6 Å². The largest absolute Gasteiger partial charge is 0.340 e. The third-order valence-electron chi connectivity index (χ3n) is 4.64. The molecule has 27 heavy (non-hydrogen) atoms. The Labute approximate surface area is 158 Å². The van der Waals surface area contributed by atoms with Gasteiger partial charge in [-0.25, -0.2) is 9.37 Å². The van der Waals surface area contributed by atoms with Gasteiger partial charge < -0.3 is 9.88 Å². The monoisotopic (exact) mass is 369 g/mol. The van der Waals surface area contributed by atoms with Gasteiger partial charge in [-0.15, -0.1) is 0 Å². The Morgan fingerprint density at radius 3 is 2.48 bits per heavy atom. The molecule has 2 atom stereocenters. The fraction of sp³-hybridized carbons (Fsp3) is 0.350. The van der Waals surface area contributed by atoms with Crippen molar-refractivity contribution >= 4 is 5.91 Å². The van der Waals surface area contributed by atoms with Gasteiger partial charge in [0.15, 0.2) is 0 Å². The van der Waals surface area contributed by atoms with Crippen LogP contribution in [0.4, 0.5) is 4.39 Å². The molecule has 1 amide bonds. The van der Waals surface area contributed by atoms with Gasteiger partial charge in [0.05, 0.1) is 5.69 Å². The predicted molar refractivity (Wildman–Crippen MR) is 101 cm³/mol. The fourth-order valence-corrected chi connectivity index (χ4v) is 3.28. The number of amides is 1. The molecule has 0 radical (unpaired) electrons. The maximum atomic E-state index is 13.4. The van der Waals surface area contributed by atoms with Crippen LogP contribution in [0, 0.1) is 19.7 Å². The third-order valence-corrected chi connectivity index (χ3v) is 4.64. The highest BCUT2D eigenvalue weighted by molar-refractivity contribution is 5.81. The predicted octanol–water partition coefficient (Wildman–Crippen LogP) is 3.23. The fourth-order valence-electron chi connectivity index (χ4n) is 3.28. The number of nitrogens with zero attached hydrogens (tertiary/aromatic N) is 4. The average molecular weight is 369 g/mol. The lowest BCUT2D eigenvalue weighted by Crippen LogP contribution is -2.37. The number of nitrogens with one attached hydrogen (secondary N) is 1. The summed E-state index contributed by atoms with van der Waals surface area (Å²) in [5.41, 5.74) is 2.57. The molecule has 0 spiro atoms. The van der Waals surface area contributed by atoms with Crippen molar-refractivity contribution in [3.63, 3.8) is 0 Å². The Morgan fingerprint density at radius 2 is 1.96 bits per heavy atom. The summed E-state index contributed by atoms with van der Waals surface area (Å²) in [7, 11) is 1.86. The van der Waals surface area contributed by atoms with Gasteiger partial charge in [-0.3, -0.25) is 9.48 Å². The van der Waals surface area contributed by atoms with Crippen LogP contribution in [0.15, 0.2) is 42.7 Å². The second-order valence-electron chi connectivity index (χ2n) is 6.69. The molecule has 0 bridgehead atoms. The molecule has 2 aromatic heterocycles. The standard InChI is InChI=1S/C20H24FN5O/c1-5-17(26-14(3)12-13(2)24-26)20(27)23-18(19-22-10-11-25(19)4)15-6-8-16(21)9-7-15/h6-12,17-18H,5H2,1-4H3,(H,23,27). The van der Waals surface area contributed by atoms with Crippen LogP contribution in [0.2, 0.25) is 0 Å². The summed E-state index contributed by atoms with van der Waals surface area (Å²) in [4.78, 5) is 17.5. The number of imidazole rings is 1. The summed E-state index contributed by atoms with van der Waals surface area (Å²) < 4.78 is 17.0. The van der Waals surface area contributed by atoms with Gasteiger partial charge in [0.25, 0.3) is 0 Å². The minimum absolute atomic E-state index is 0.152. The zero-order chi connectivity index (χ0) is 19.6. The maximum Gasteiger partial charge on any atom is 0.245 e. The number of halogens is 1. The highest BCUT2D eigenvalue weighted by Gasteiger charge is 2.27. The second kappa shape index (κ2) is 7.73. The molecule has 0 saturated heterocycles. The van der Waals surface area contributed by atoms with Gasteiger partial charge >= 0.3 is 0 Å². The number of carbonyl (C=O) groups is 1. The van der Waals surface area contributed by atoms with Crippen LogP contribution >= 0.6 is 0 Å². The molecule has 0 saturated carbocycles. The quantitative estimate of drug-likeness (QED) is 0.725. The van der Waals surface area contributed by atoms with Crippen LogP contribution in [-0.2, 0) is 11.8 Å². The summed E-state index contributed by atoms with van der Waals surface area (Å²) >= 11 is 0. The van der Waals surface area contributed by atoms with Crippen molar-refractivity contribution < 1.29 is 9.18 Å². The Hall–Kier alpha value is -2.96. The first kappa shape index (κ1) is 18.8. The normalized spacial score (nSPS) is 13.4. The van der Waals surface area contributed by atoms with E-state index in [0.717, 1.165) is 17.0 Å². The lowest BCUT2D eigenvalue weighted by Gasteiger charge is -2.23. The molecular weight excluding hydrogens is 345 g/mol. The van der Waals surface area contributed by atoms with Crippen molar-refractivity contribution in [2.75, 3.05) is 0 Å². The molecule has 0 aliphatic heterocycles. The van der Waals surface area contributed by atoms with Crippen molar-refractivity contribution in [2.24, 2.45) is 7.05 Å². The van der Waals surface area contributed by atoms with E-state index in [0.29, 0.717) is 12.2 Å². The summed E-state index contributed by atoms with van der Waals surface area (Å²) in [5, 5.41) is 7.54. The van der Waals surface area contributed by atoms with Crippen molar-refractivity contribution in [1.29, 1.82) is 0 Å². The molecule has 7 heteroatoms. The van der Waals surface area contributed by atoms with E-state index in [9.17, 15) is 9.18 Å². The third kappa shape index (κ3) is 3.92. The first-order valence-corrected chi connectivity index (χ1v) is 8.96. The molecule has 2 heterocycles. The van der Waals surface area contributed by atoms with Crippen molar-refractivity contribution in [3.8, 4) is 0 Å². The number of carbonyl (C=O) groups excluding carboxylic acids is 1. The Bertz CT molecular complexity index is 928. The zero-order valence-corrected chi connectivity index (χ0v) is 16.0. The van der Waals surface area contributed by atoms with E-state index in [1.165, 1.54) is 12.1 Å². The molecule has 1 aromatic carbocycles. The smallest absolute Gasteiger partial charge is 0.245 e. The van der Waals surface area contributed by atoms with Crippen LogP contribution in [0.1, 0.15) is 48.2 Å². The topological polar surface area (TPSA) is 64.7 Å². The molecule has 2 unspecified atom stereocenters. The van der Waals surface area contributed by atoms with E-state index in [4.69, 9.17) is 0 Å². The van der Waals surface area contributed by atoms with Gasteiger partial charge in [0.2, 0.25) is 5.91 Å². The SMILES string of the molecule is CCC(C(=O)NC(c1ccc(F)cc1)c1nccn1C)n1nc(C)cc1C. The van der Waals surface area contributed by atoms with Gasteiger partial charge in [0.1, 0.15) is 23.7 Å². The molecule has 6 nitrogen and oxygen atoms in total. The van der Waals surface area contributed by atoms with Crippen LogP contribution in [0.25, 0.3) is 0 Å². The van der Waals surface area contributed by atoms with E-state index in [2.05, 4.69) is 15.4 Å². The average Bonchev–Trinajstić information content (AvgIpc) is 3.19. The summed E-state index contributed by atoms with van der Waals surface area (Å²) in [6, 6.07) is 7.14. The van der Waals surface area contributed by atoms with E-state index in [1.54, 1.807) is 23.0 Å². The minimum atomic E-state index is -0.482. The van der Waals surface area contributed by atoms with Crippen molar-refractivity contribution in [3.05, 3.63) is 71.3 Å². The van der Waals surface area contributed by atoms with Gasteiger partial charge in [-0.2, -0.15) is 5.10 Å². The lowest BCUT2D eigenvalue weighted by molar-refractivity contribution is -0.125. The molecule has 3 aromatic rings. The minimum Gasteiger partial charge on any atom is -0.340 e. The van der Waals surface area contributed by atoms with Crippen molar-refractivity contribution in [1.82, 2.24) is 24.6 Å². The zero-order valence-electron chi connectivity index (χ0n) is 16.0. The maximum absolute atomic E-state index is 13.4. The summed E-state index contributed by atoms with van der Waals surface area (Å²) in [6.45, 7) is 5.80. The molecular formula is C20H24FN5O. The van der Waals surface area contributed by atoms with Gasteiger partial charge in [-0.05, 0) is 44.0 Å². The molecule has 0 aliphatic rings.